The van der Waals surface area contributed by atoms with Gasteiger partial charge in [-0.2, -0.15) is 0 Å². The summed E-state index contributed by atoms with van der Waals surface area (Å²) in [5.41, 5.74) is 2.87. The zero-order valence-electron chi connectivity index (χ0n) is 19.9. The molecule has 7 nitrogen and oxygen atoms in total. The molecule has 1 aliphatic heterocycles. The Balaban J connectivity index is 1.76. The quantitative estimate of drug-likeness (QED) is 0.258. The first-order valence-corrected chi connectivity index (χ1v) is 12.0. The number of hydrogen-bond donors (Lipinski definition) is 2. The van der Waals surface area contributed by atoms with E-state index in [2.05, 4.69) is 10.6 Å². The SMILES string of the molecule is CCOC(=O)C1=C(c2ccccc2)NC(=S)NC1c1ccc(OC(=O)c2ccccc2)c(OCC)c1. The largest absolute Gasteiger partial charge is 0.490 e. The second kappa shape index (κ2) is 11.5. The van der Waals surface area contributed by atoms with Crippen molar-refractivity contribution in [1.29, 1.82) is 0 Å². The number of carbonyl (C=O) groups excluding carboxylic acids is 2. The highest BCUT2D eigenvalue weighted by atomic mass is 32.1. The van der Waals surface area contributed by atoms with Crippen LogP contribution in [-0.4, -0.2) is 30.3 Å². The fourth-order valence-corrected chi connectivity index (χ4v) is 4.09. The van der Waals surface area contributed by atoms with Crippen molar-refractivity contribution in [3.8, 4) is 11.5 Å². The third-order valence-corrected chi connectivity index (χ3v) is 5.66. The van der Waals surface area contributed by atoms with Crippen LogP contribution < -0.4 is 20.1 Å². The molecule has 3 aromatic rings. The van der Waals surface area contributed by atoms with E-state index in [9.17, 15) is 9.59 Å². The zero-order chi connectivity index (χ0) is 25.5. The molecular formula is C28H26N2O5S. The van der Waals surface area contributed by atoms with Gasteiger partial charge in [-0.15, -0.1) is 0 Å². The number of thiocarbonyl (C=S) groups is 1. The van der Waals surface area contributed by atoms with Gasteiger partial charge >= 0.3 is 11.9 Å². The minimum atomic E-state index is -0.619. The molecule has 0 saturated heterocycles. The Morgan fingerprint density at radius 2 is 1.56 bits per heavy atom. The van der Waals surface area contributed by atoms with Crippen molar-refractivity contribution in [2.75, 3.05) is 13.2 Å². The van der Waals surface area contributed by atoms with Crippen LogP contribution in [0.1, 0.15) is 41.4 Å². The lowest BCUT2D eigenvalue weighted by Gasteiger charge is -2.31. The summed E-state index contributed by atoms with van der Waals surface area (Å²) in [6.07, 6.45) is 0. The lowest BCUT2D eigenvalue weighted by Crippen LogP contribution is -2.45. The van der Waals surface area contributed by atoms with Gasteiger partial charge in [0, 0.05) is 0 Å². The van der Waals surface area contributed by atoms with E-state index in [4.69, 9.17) is 26.4 Å². The van der Waals surface area contributed by atoms with Crippen molar-refractivity contribution in [1.82, 2.24) is 10.6 Å². The van der Waals surface area contributed by atoms with E-state index in [1.54, 1.807) is 49.4 Å². The molecule has 1 unspecified atom stereocenters. The first-order chi connectivity index (χ1) is 17.5. The molecule has 2 N–H and O–H groups in total. The van der Waals surface area contributed by atoms with Crippen LogP contribution in [0.5, 0.6) is 11.5 Å². The van der Waals surface area contributed by atoms with Crippen LogP contribution in [0.15, 0.2) is 84.4 Å². The predicted octanol–water partition coefficient (Wildman–Crippen LogP) is 4.80. The van der Waals surface area contributed by atoms with Crippen LogP contribution in [0.25, 0.3) is 5.70 Å². The molecule has 0 spiro atoms. The molecule has 0 aromatic heterocycles. The van der Waals surface area contributed by atoms with Crippen molar-refractivity contribution >= 4 is 35.0 Å². The first-order valence-electron chi connectivity index (χ1n) is 11.6. The molecular weight excluding hydrogens is 476 g/mol. The van der Waals surface area contributed by atoms with Gasteiger partial charge in [-0.3, -0.25) is 0 Å². The maximum absolute atomic E-state index is 13.1. The number of rotatable bonds is 8. The van der Waals surface area contributed by atoms with Crippen LogP contribution in [0.2, 0.25) is 0 Å². The number of ether oxygens (including phenoxy) is 3. The average molecular weight is 503 g/mol. The van der Waals surface area contributed by atoms with Crippen LogP contribution in [0, 0.1) is 0 Å². The van der Waals surface area contributed by atoms with Crippen LogP contribution >= 0.6 is 12.2 Å². The summed E-state index contributed by atoms with van der Waals surface area (Å²) in [5, 5.41) is 6.66. The van der Waals surface area contributed by atoms with Gasteiger partial charge in [0.1, 0.15) is 0 Å². The molecule has 4 rings (SSSR count). The van der Waals surface area contributed by atoms with E-state index in [0.29, 0.717) is 39.9 Å². The highest BCUT2D eigenvalue weighted by Crippen LogP contribution is 2.37. The monoisotopic (exact) mass is 502 g/mol. The standard InChI is InChI=1S/C28H26N2O5S/c1-3-33-22-17-20(15-16-21(22)35-26(31)19-13-9-6-10-14-19)25-23(27(32)34-4-2)24(29-28(36)30-25)18-11-7-5-8-12-18/h5-17,25H,3-4H2,1-2H3,(H2,29,30,36). The summed E-state index contributed by atoms with van der Waals surface area (Å²) in [6, 6.07) is 22.7. The van der Waals surface area contributed by atoms with E-state index < -0.39 is 18.0 Å². The van der Waals surface area contributed by atoms with Crippen molar-refractivity contribution in [2.45, 2.75) is 19.9 Å². The predicted molar refractivity (Wildman–Crippen MR) is 141 cm³/mol. The maximum atomic E-state index is 13.1. The van der Waals surface area contributed by atoms with Crippen molar-refractivity contribution in [3.63, 3.8) is 0 Å². The van der Waals surface area contributed by atoms with Gasteiger partial charge < -0.3 is 24.8 Å². The minimum Gasteiger partial charge on any atom is -0.490 e. The summed E-state index contributed by atoms with van der Waals surface area (Å²) >= 11 is 5.48. The zero-order valence-corrected chi connectivity index (χ0v) is 20.8. The molecule has 1 atom stereocenters. The maximum Gasteiger partial charge on any atom is 0.343 e. The molecule has 8 heteroatoms. The van der Waals surface area contributed by atoms with Gasteiger partial charge in [-0.05, 0) is 61.5 Å². The molecule has 1 aliphatic rings. The topological polar surface area (TPSA) is 85.9 Å². The Hall–Kier alpha value is -4.17. The molecule has 0 fully saturated rings. The number of benzene rings is 3. The lowest BCUT2D eigenvalue weighted by atomic mass is 9.92. The fourth-order valence-electron chi connectivity index (χ4n) is 3.87. The highest BCUT2D eigenvalue weighted by Gasteiger charge is 2.33. The Labute approximate surface area is 215 Å². The molecule has 0 aliphatic carbocycles. The van der Waals surface area contributed by atoms with E-state index in [-0.39, 0.29) is 12.4 Å². The number of nitrogens with one attached hydrogen (secondary N) is 2. The Morgan fingerprint density at radius 1 is 0.861 bits per heavy atom. The molecule has 3 aromatic carbocycles. The van der Waals surface area contributed by atoms with Crippen molar-refractivity contribution < 1.29 is 23.8 Å². The van der Waals surface area contributed by atoms with E-state index >= 15 is 0 Å². The van der Waals surface area contributed by atoms with Gasteiger partial charge in [0.05, 0.1) is 36.1 Å². The second-order valence-corrected chi connectivity index (χ2v) is 8.21. The summed E-state index contributed by atoms with van der Waals surface area (Å²) in [7, 11) is 0. The molecule has 0 radical (unpaired) electrons. The smallest absolute Gasteiger partial charge is 0.343 e. The van der Waals surface area contributed by atoms with Crippen molar-refractivity contribution in [3.05, 3.63) is 101 Å². The highest BCUT2D eigenvalue weighted by molar-refractivity contribution is 7.80. The van der Waals surface area contributed by atoms with Gasteiger partial charge in [0.2, 0.25) is 0 Å². The van der Waals surface area contributed by atoms with Gasteiger partial charge in [-0.1, -0.05) is 54.6 Å². The van der Waals surface area contributed by atoms with Gasteiger partial charge in [0.25, 0.3) is 0 Å². The summed E-state index contributed by atoms with van der Waals surface area (Å²) < 4.78 is 16.8. The third kappa shape index (κ3) is 5.55. The number of carbonyl (C=O) groups is 2. The summed E-state index contributed by atoms with van der Waals surface area (Å²) in [5.74, 6) is -0.323. The Kier molecular flexibility index (Phi) is 7.97. The Bertz CT molecular complexity index is 1290. The molecule has 0 bridgehead atoms. The first kappa shape index (κ1) is 24.9. The van der Waals surface area contributed by atoms with E-state index in [1.807, 2.05) is 43.3 Å². The number of hydrogen-bond acceptors (Lipinski definition) is 6. The van der Waals surface area contributed by atoms with Crippen LogP contribution in [0.4, 0.5) is 0 Å². The molecule has 36 heavy (non-hydrogen) atoms. The lowest BCUT2D eigenvalue weighted by molar-refractivity contribution is -0.138. The van der Waals surface area contributed by atoms with Crippen LogP contribution in [-0.2, 0) is 9.53 Å². The molecule has 0 amide bonds. The summed E-state index contributed by atoms with van der Waals surface area (Å²) in [6.45, 7) is 4.17. The van der Waals surface area contributed by atoms with Gasteiger partial charge in [-0.25, -0.2) is 9.59 Å². The molecule has 184 valence electrons. The minimum absolute atomic E-state index is 0.222. The normalized spacial score (nSPS) is 14.9. The van der Waals surface area contributed by atoms with Gasteiger partial charge in [0.15, 0.2) is 16.6 Å². The number of esters is 2. The molecule has 1 heterocycles. The Morgan fingerprint density at radius 3 is 2.22 bits per heavy atom. The van der Waals surface area contributed by atoms with Crippen LogP contribution in [0.3, 0.4) is 0 Å². The average Bonchev–Trinajstić information content (AvgIpc) is 2.90. The second-order valence-electron chi connectivity index (χ2n) is 7.80. The third-order valence-electron chi connectivity index (χ3n) is 5.44. The van der Waals surface area contributed by atoms with E-state index in [0.717, 1.165) is 5.56 Å². The molecule has 0 saturated carbocycles. The fraction of sp³-hybridized carbons (Fsp3) is 0.179. The van der Waals surface area contributed by atoms with E-state index in [1.165, 1.54) is 0 Å². The summed E-state index contributed by atoms with van der Waals surface area (Å²) in [4.78, 5) is 25.8. The van der Waals surface area contributed by atoms with Crippen molar-refractivity contribution in [2.24, 2.45) is 0 Å².